The molecule has 1 aliphatic rings. The normalized spacial score (nSPS) is 15.5. The molecule has 0 N–H and O–H groups in total. The van der Waals surface area contributed by atoms with Crippen molar-refractivity contribution in [2.24, 2.45) is 5.10 Å². The lowest BCUT2D eigenvalue weighted by Gasteiger charge is -2.04. The third kappa shape index (κ3) is 5.24. The van der Waals surface area contributed by atoms with Crippen LogP contribution < -0.4 is 0 Å². The van der Waals surface area contributed by atoms with Crippen LogP contribution in [0.4, 0.5) is 0 Å². The summed E-state index contributed by atoms with van der Waals surface area (Å²) in [6.45, 7) is 2.20. The Morgan fingerprint density at radius 3 is 2.48 bits per heavy atom. The summed E-state index contributed by atoms with van der Waals surface area (Å²) in [6, 6.07) is 16.1. The monoisotopic (exact) mass is 398 g/mol. The number of hydrogen-bond donors (Lipinski definition) is 0. The molecule has 0 fully saturated rings. The van der Waals surface area contributed by atoms with E-state index >= 15 is 0 Å². The molecule has 27 heavy (non-hydrogen) atoms. The number of amides is 1. The standard InChI is InChI=1S/C22H23ClN2OS/c1-3-4-5-16-6-8-17(9-7-16)14-20-21(24-25(2)22(20)26)15-27-19-12-10-18(23)11-13-19/h6-14H,3-5,15H2,1-2H3. The summed E-state index contributed by atoms with van der Waals surface area (Å²) in [6.07, 6.45) is 5.43. The van der Waals surface area contributed by atoms with Crippen LogP contribution in [0.5, 0.6) is 0 Å². The maximum absolute atomic E-state index is 12.5. The van der Waals surface area contributed by atoms with Gasteiger partial charge in [0.2, 0.25) is 0 Å². The third-order valence-electron chi connectivity index (χ3n) is 4.40. The van der Waals surface area contributed by atoms with Crippen molar-refractivity contribution >= 4 is 41.1 Å². The predicted molar refractivity (Wildman–Crippen MR) is 115 cm³/mol. The van der Waals surface area contributed by atoms with Crippen LogP contribution in [0.3, 0.4) is 0 Å². The third-order valence-corrected chi connectivity index (χ3v) is 5.68. The number of nitrogens with zero attached hydrogens (tertiary/aromatic N) is 2. The number of unbranched alkanes of at least 4 members (excludes halogenated alkanes) is 1. The number of likely N-dealkylation sites (N-methyl/N-ethyl adjacent to an activating group) is 1. The van der Waals surface area contributed by atoms with Crippen LogP contribution in [-0.4, -0.2) is 29.4 Å². The van der Waals surface area contributed by atoms with Gasteiger partial charge in [0.05, 0.1) is 11.3 Å². The van der Waals surface area contributed by atoms with E-state index in [0.717, 1.165) is 27.6 Å². The lowest BCUT2D eigenvalue weighted by Crippen LogP contribution is -2.17. The van der Waals surface area contributed by atoms with Crippen molar-refractivity contribution in [3.63, 3.8) is 0 Å². The van der Waals surface area contributed by atoms with E-state index in [1.54, 1.807) is 18.8 Å². The fourth-order valence-corrected chi connectivity index (χ4v) is 3.81. The van der Waals surface area contributed by atoms with Crippen molar-refractivity contribution in [1.29, 1.82) is 0 Å². The second-order valence-corrected chi connectivity index (χ2v) is 8.01. The van der Waals surface area contributed by atoms with Gasteiger partial charge in [-0.25, -0.2) is 5.01 Å². The summed E-state index contributed by atoms with van der Waals surface area (Å²) < 4.78 is 0. The van der Waals surface area contributed by atoms with Crippen molar-refractivity contribution < 1.29 is 4.79 Å². The number of hydrazone groups is 1. The van der Waals surface area contributed by atoms with Crippen LogP contribution in [0.25, 0.3) is 6.08 Å². The molecule has 0 saturated heterocycles. The van der Waals surface area contributed by atoms with Gasteiger partial charge in [-0.15, -0.1) is 11.8 Å². The van der Waals surface area contributed by atoms with Crippen LogP contribution in [0.2, 0.25) is 5.02 Å². The second-order valence-electron chi connectivity index (χ2n) is 6.52. The van der Waals surface area contributed by atoms with E-state index in [9.17, 15) is 4.79 Å². The number of hydrogen-bond acceptors (Lipinski definition) is 3. The van der Waals surface area contributed by atoms with Crippen LogP contribution in [-0.2, 0) is 11.2 Å². The van der Waals surface area contributed by atoms with Gasteiger partial charge in [-0.2, -0.15) is 5.10 Å². The van der Waals surface area contributed by atoms with E-state index in [-0.39, 0.29) is 5.91 Å². The van der Waals surface area contributed by atoms with E-state index in [2.05, 4.69) is 36.3 Å². The zero-order valence-electron chi connectivity index (χ0n) is 15.6. The highest BCUT2D eigenvalue weighted by Gasteiger charge is 2.27. The molecule has 0 unspecified atom stereocenters. The van der Waals surface area contributed by atoms with Crippen molar-refractivity contribution in [1.82, 2.24) is 5.01 Å². The van der Waals surface area contributed by atoms with Gasteiger partial charge in [0.25, 0.3) is 5.91 Å². The highest BCUT2D eigenvalue weighted by atomic mass is 35.5. The first-order valence-electron chi connectivity index (χ1n) is 9.11. The number of carbonyl (C=O) groups is 1. The lowest BCUT2D eigenvalue weighted by molar-refractivity contribution is -0.124. The molecular weight excluding hydrogens is 376 g/mol. The summed E-state index contributed by atoms with van der Waals surface area (Å²) in [4.78, 5) is 13.6. The molecule has 0 aliphatic carbocycles. The Labute approximate surface area is 170 Å². The highest BCUT2D eigenvalue weighted by Crippen LogP contribution is 2.25. The van der Waals surface area contributed by atoms with E-state index < -0.39 is 0 Å². The average Bonchev–Trinajstić information content (AvgIpc) is 2.95. The van der Waals surface area contributed by atoms with Gasteiger partial charge in [-0.3, -0.25) is 4.79 Å². The number of thioether (sulfide) groups is 1. The number of rotatable bonds is 7. The van der Waals surface area contributed by atoms with Crippen molar-refractivity contribution in [2.45, 2.75) is 31.1 Å². The Morgan fingerprint density at radius 1 is 1.11 bits per heavy atom. The largest absolute Gasteiger partial charge is 0.275 e. The van der Waals surface area contributed by atoms with Crippen LogP contribution in [0.15, 0.2) is 64.1 Å². The zero-order chi connectivity index (χ0) is 19.2. The molecule has 5 heteroatoms. The minimum absolute atomic E-state index is 0.0586. The molecule has 2 aromatic rings. The van der Waals surface area contributed by atoms with Crippen molar-refractivity contribution in [3.8, 4) is 0 Å². The Balaban J connectivity index is 1.73. The number of carbonyl (C=O) groups excluding carboxylic acids is 1. The molecule has 0 radical (unpaired) electrons. The first kappa shape index (κ1) is 19.7. The van der Waals surface area contributed by atoms with Gasteiger partial charge in [0.1, 0.15) is 0 Å². The number of aryl methyl sites for hydroxylation is 1. The molecule has 1 aliphatic heterocycles. The molecule has 0 saturated carbocycles. The first-order valence-corrected chi connectivity index (χ1v) is 10.5. The summed E-state index contributed by atoms with van der Waals surface area (Å²) >= 11 is 7.58. The van der Waals surface area contributed by atoms with E-state index in [4.69, 9.17) is 11.6 Å². The van der Waals surface area contributed by atoms with Crippen LogP contribution in [0.1, 0.15) is 30.9 Å². The van der Waals surface area contributed by atoms with Crippen LogP contribution in [0, 0.1) is 0 Å². The maximum atomic E-state index is 12.5. The molecule has 1 heterocycles. The SMILES string of the molecule is CCCCc1ccc(C=C2C(=O)N(C)N=C2CSc2ccc(Cl)cc2)cc1. The summed E-state index contributed by atoms with van der Waals surface area (Å²) in [7, 11) is 1.70. The number of benzene rings is 2. The molecule has 140 valence electrons. The average molecular weight is 399 g/mol. The minimum atomic E-state index is -0.0586. The van der Waals surface area contributed by atoms with E-state index in [0.29, 0.717) is 11.3 Å². The molecule has 3 rings (SSSR count). The Bertz CT molecular complexity index is 857. The molecule has 0 bridgehead atoms. The fourth-order valence-electron chi connectivity index (χ4n) is 2.84. The van der Waals surface area contributed by atoms with Gasteiger partial charge in [-0.05, 0) is 54.3 Å². The topological polar surface area (TPSA) is 32.7 Å². The summed E-state index contributed by atoms with van der Waals surface area (Å²) in [5.41, 5.74) is 3.83. The predicted octanol–water partition coefficient (Wildman–Crippen LogP) is 5.69. The summed E-state index contributed by atoms with van der Waals surface area (Å²) in [5.74, 6) is 0.578. The quantitative estimate of drug-likeness (QED) is 0.443. The molecule has 0 aromatic heterocycles. The Kier molecular flexibility index (Phi) is 6.75. The van der Waals surface area contributed by atoms with Gasteiger partial charge >= 0.3 is 0 Å². The molecular formula is C22H23ClN2OS. The van der Waals surface area contributed by atoms with Gasteiger partial charge in [-0.1, -0.05) is 49.2 Å². The van der Waals surface area contributed by atoms with E-state index in [1.807, 2.05) is 30.3 Å². The molecule has 2 aromatic carbocycles. The van der Waals surface area contributed by atoms with Gasteiger partial charge < -0.3 is 0 Å². The summed E-state index contributed by atoms with van der Waals surface area (Å²) in [5, 5.41) is 6.56. The van der Waals surface area contributed by atoms with Crippen molar-refractivity contribution in [3.05, 3.63) is 70.3 Å². The van der Waals surface area contributed by atoms with E-state index in [1.165, 1.54) is 23.4 Å². The lowest BCUT2D eigenvalue weighted by atomic mass is 10.0. The van der Waals surface area contributed by atoms with Crippen molar-refractivity contribution in [2.75, 3.05) is 12.8 Å². The van der Waals surface area contributed by atoms with Gasteiger partial charge in [0.15, 0.2) is 0 Å². The molecule has 3 nitrogen and oxygen atoms in total. The smallest absolute Gasteiger partial charge is 0.267 e. The minimum Gasteiger partial charge on any atom is -0.267 e. The molecule has 0 atom stereocenters. The highest BCUT2D eigenvalue weighted by molar-refractivity contribution is 8.00. The fraction of sp³-hybridized carbons (Fsp3) is 0.273. The zero-order valence-corrected chi connectivity index (χ0v) is 17.2. The Morgan fingerprint density at radius 2 is 1.81 bits per heavy atom. The molecule has 0 spiro atoms. The van der Waals surface area contributed by atoms with Gasteiger partial charge in [0, 0.05) is 22.7 Å². The van der Waals surface area contributed by atoms with Crippen LogP contribution >= 0.6 is 23.4 Å². The number of halogens is 1. The Hall–Kier alpha value is -2.04. The second kappa shape index (κ2) is 9.25. The first-order chi connectivity index (χ1) is 13.1. The molecule has 1 amide bonds. The maximum Gasteiger partial charge on any atom is 0.275 e.